The Labute approximate surface area is 222 Å². The molecule has 0 bridgehead atoms. The smallest absolute Gasteiger partial charge is 0.338 e. The number of carbonyl (C=O) groups excluding carboxylic acids is 1. The molecule has 0 saturated carbocycles. The molecular formula is C31H25N3O3S. The molecule has 3 heterocycles. The molecule has 7 heteroatoms. The maximum Gasteiger partial charge on any atom is 0.338 e. The van der Waals surface area contributed by atoms with Crippen LogP contribution in [0.5, 0.6) is 0 Å². The fraction of sp³-hybridized carbons (Fsp3) is 0.129. The summed E-state index contributed by atoms with van der Waals surface area (Å²) >= 11 is 1.33. The van der Waals surface area contributed by atoms with Crippen molar-refractivity contribution in [3.8, 4) is 0 Å². The lowest BCUT2D eigenvalue weighted by Crippen LogP contribution is -2.40. The lowest BCUT2D eigenvalue weighted by Gasteiger charge is -2.25. The predicted molar refractivity (Wildman–Crippen MR) is 151 cm³/mol. The van der Waals surface area contributed by atoms with Gasteiger partial charge >= 0.3 is 5.97 Å². The number of aryl methyl sites for hydroxylation is 1. The van der Waals surface area contributed by atoms with Crippen molar-refractivity contribution in [3.05, 3.63) is 133 Å². The summed E-state index contributed by atoms with van der Waals surface area (Å²) in [6.07, 6.45) is 1.93. The molecule has 6 rings (SSSR count). The van der Waals surface area contributed by atoms with Crippen molar-refractivity contribution in [2.24, 2.45) is 4.99 Å². The molecule has 3 aromatic carbocycles. The van der Waals surface area contributed by atoms with Gasteiger partial charge in [0, 0.05) is 27.7 Å². The Morgan fingerprint density at radius 2 is 1.71 bits per heavy atom. The molecule has 0 fully saturated rings. The first-order chi connectivity index (χ1) is 18.6. The number of thiazole rings is 1. The van der Waals surface area contributed by atoms with Gasteiger partial charge in [0.25, 0.3) is 5.56 Å². The summed E-state index contributed by atoms with van der Waals surface area (Å²) in [7, 11) is 0. The lowest BCUT2D eigenvalue weighted by atomic mass is 9.93. The minimum absolute atomic E-state index is 0.193. The number of para-hydroxylation sites is 1. The van der Waals surface area contributed by atoms with E-state index in [-0.39, 0.29) is 12.2 Å². The monoisotopic (exact) mass is 519 g/mol. The van der Waals surface area contributed by atoms with Crippen LogP contribution in [0.15, 0.2) is 100 Å². The van der Waals surface area contributed by atoms with Gasteiger partial charge in [0.15, 0.2) is 4.80 Å². The van der Waals surface area contributed by atoms with E-state index < -0.39 is 12.0 Å². The number of nitrogens with zero attached hydrogens (tertiary/aromatic N) is 2. The highest BCUT2D eigenvalue weighted by Gasteiger charge is 2.35. The fourth-order valence-corrected chi connectivity index (χ4v) is 5.99. The van der Waals surface area contributed by atoms with E-state index in [1.54, 1.807) is 11.5 Å². The van der Waals surface area contributed by atoms with Crippen molar-refractivity contribution in [1.82, 2.24) is 9.55 Å². The molecule has 188 valence electrons. The number of carbonyl (C=O) groups is 1. The summed E-state index contributed by atoms with van der Waals surface area (Å²) < 4.78 is 7.70. The van der Waals surface area contributed by atoms with Crippen LogP contribution in [0.1, 0.15) is 35.3 Å². The van der Waals surface area contributed by atoms with Crippen molar-refractivity contribution in [2.45, 2.75) is 19.9 Å². The maximum absolute atomic E-state index is 14.0. The second-order valence-electron chi connectivity index (χ2n) is 9.05. The number of esters is 1. The normalized spacial score (nSPS) is 15.4. The highest BCUT2D eigenvalue weighted by molar-refractivity contribution is 7.07. The summed E-state index contributed by atoms with van der Waals surface area (Å²) in [5.41, 5.74) is 5.25. The van der Waals surface area contributed by atoms with Crippen molar-refractivity contribution in [1.29, 1.82) is 0 Å². The first-order valence-electron chi connectivity index (χ1n) is 12.5. The summed E-state index contributed by atoms with van der Waals surface area (Å²) in [4.78, 5) is 36.4. The second kappa shape index (κ2) is 9.76. The Hall–Kier alpha value is -4.49. The first kappa shape index (κ1) is 23.9. The average Bonchev–Trinajstić information content (AvgIpc) is 3.44. The van der Waals surface area contributed by atoms with Gasteiger partial charge in [0.05, 0.1) is 28.5 Å². The Balaban J connectivity index is 1.66. The van der Waals surface area contributed by atoms with Gasteiger partial charge in [-0.2, -0.15) is 0 Å². The number of hydrogen-bond acceptors (Lipinski definition) is 5. The quantitative estimate of drug-likeness (QED) is 0.341. The van der Waals surface area contributed by atoms with E-state index in [0.717, 1.165) is 33.3 Å². The van der Waals surface area contributed by atoms with Crippen LogP contribution in [-0.4, -0.2) is 22.1 Å². The van der Waals surface area contributed by atoms with E-state index in [1.165, 1.54) is 11.3 Å². The number of aromatic amines is 1. The number of hydrogen-bond donors (Lipinski definition) is 1. The Morgan fingerprint density at radius 3 is 2.45 bits per heavy atom. The van der Waals surface area contributed by atoms with Crippen LogP contribution in [0.25, 0.3) is 22.7 Å². The van der Waals surface area contributed by atoms with Crippen LogP contribution in [0.2, 0.25) is 0 Å². The maximum atomic E-state index is 14.0. The number of H-pyrrole nitrogens is 1. The molecule has 0 amide bonds. The standard InChI is InChI=1S/C31H25N3O3S/c1-3-37-30(36)26-27(20-12-6-4-7-13-20)33-31-34(28(26)21-14-8-5-9-15-21)29(35)25(38-31)18-23-19(2)32-24-17-11-10-16-22(23)24/h4-18,28,32H,3H2,1-2H3/b25-18-/t28-/m1/s1. The van der Waals surface area contributed by atoms with Gasteiger partial charge in [-0.3, -0.25) is 9.36 Å². The van der Waals surface area contributed by atoms with Crippen LogP contribution < -0.4 is 14.9 Å². The average molecular weight is 520 g/mol. The van der Waals surface area contributed by atoms with Crippen LogP contribution in [0.3, 0.4) is 0 Å². The molecule has 0 spiro atoms. The van der Waals surface area contributed by atoms with Crippen molar-refractivity contribution >= 4 is 40.0 Å². The zero-order chi connectivity index (χ0) is 26.2. The van der Waals surface area contributed by atoms with Crippen molar-refractivity contribution in [3.63, 3.8) is 0 Å². The van der Waals surface area contributed by atoms with Gasteiger partial charge in [-0.1, -0.05) is 90.2 Å². The van der Waals surface area contributed by atoms with Gasteiger partial charge in [-0.15, -0.1) is 0 Å². The number of benzene rings is 3. The summed E-state index contributed by atoms with van der Waals surface area (Å²) in [6, 6.07) is 26.5. The number of fused-ring (bicyclic) bond motifs is 2. The summed E-state index contributed by atoms with van der Waals surface area (Å²) in [5, 5.41) is 1.05. The van der Waals surface area contributed by atoms with Crippen molar-refractivity contribution in [2.75, 3.05) is 6.61 Å². The van der Waals surface area contributed by atoms with Gasteiger partial charge < -0.3 is 9.72 Å². The van der Waals surface area contributed by atoms with Gasteiger partial charge in [0.2, 0.25) is 0 Å². The molecule has 0 radical (unpaired) electrons. The molecule has 1 atom stereocenters. The highest BCUT2D eigenvalue weighted by Crippen LogP contribution is 2.35. The second-order valence-corrected chi connectivity index (χ2v) is 10.1. The molecule has 0 saturated heterocycles. The van der Waals surface area contributed by atoms with Crippen LogP contribution >= 0.6 is 11.3 Å². The van der Waals surface area contributed by atoms with E-state index in [9.17, 15) is 9.59 Å². The SMILES string of the molecule is CCOC(=O)C1=C(c2ccccc2)N=c2s/c(=C\c3c(C)[nH]c4ccccc34)c(=O)n2[C@@H]1c1ccccc1. The third-order valence-corrected chi connectivity index (χ3v) is 7.69. The van der Waals surface area contributed by atoms with E-state index in [1.807, 2.05) is 97.9 Å². The third-order valence-electron chi connectivity index (χ3n) is 6.71. The molecule has 5 aromatic rings. The number of ether oxygens (including phenoxy) is 1. The Morgan fingerprint density at radius 1 is 1.03 bits per heavy atom. The molecule has 38 heavy (non-hydrogen) atoms. The van der Waals surface area contributed by atoms with E-state index in [0.29, 0.717) is 20.6 Å². The van der Waals surface area contributed by atoms with Crippen molar-refractivity contribution < 1.29 is 9.53 Å². The number of rotatable bonds is 5. The van der Waals surface area contributed by atoms with Gasteiger partial charge in [-0.25, -0.2) is 9.79 Å². The lowest BCUT2D eigenvalue weighted by molar-refractivity contribution is -0.138. The molecule has 1 N–H and O–H groups in total. The predicted octanol–water partition coefficient (Wildman–Crippen LogP) is 4.73. The summed E-state index contributed by atoms with van der Waals surface area (Å²) in [6.45, 7) is 4.00. The fourth-order valence-electron chi connectivity index (χ4n) is 5.01. The minimum atomic E-state index is -0.673. The molecule has 1 aliphatic rings. The number of aromatic nitrogens is 2. The molecule has 1 aliphatic heterocycles. The van der Waals surface area contributed by atoms with Gasteiger partial charge in [0.1, 0.15) is 0 Å². The zero-order valence-corrected chi connectivity index (χ0v) is 21.8. The Bertz CT molecular complexity index is 1880. The highest BCUT2D eigenvalue weighted by atomic mass is 32.1. The minimum Gasteiger partial charge on any atom is -0.463 e. The third kappa shape index (κ3) is 4.01. The summed E-state index contributed by atoms with van der Waals surface area (Å²) in [5.74, 6) is -0.481. The molecule has 0 aliphatic carbocycles. The first-order valence-corrected chi connectivity index (χ1v) is 13.3. The van der Waals surface area contributed by atoms with E-state index in [4.69, 9.17) is 9.73 Å². The van der Waals surface area contributed by atoms with E-state index in [2.05, 4.69) is 4.98 Å². The van der Waals surface area contributed by atoms with Gasteiger partial charge in [-0.05, 0) is 31.6 Å². The number of nitrogens with one attached hydrogen (secondary N) is 1. The topological polar surface area (TPSA) is 76.4 Å². The molecule has 6 nitrogen and oxygen atoms in total. The van der Waals surface area contributed by atoms with Crippen LogP contribution in [-0.2, 0) is 9.53 Å². The Kier molecular flexibility index (Phi) is 6.13. The molecule has 2 aromatic heterocycles. The molecule has 0 unspecified atom stereocenters. The van der Waals surface area contributed by atoms with Crippen LogP contribution in [0, 0.1) is 6.92 Å². The van der Waals surface area contributed by atoms with Crippen LogP contribution in [0.4, 0.5) is 0 Å². The van der Waals surface area contributed by atoms with E-state index >= 15 is 0 Å². The largest absolute Gasteiger partial charge is 0.463 e. The molecular weight excluding hydrogens is 494 g/mol. The zero-order valence-electron chi connectivity index (χ0n) is 21.0.